The predicted molar refractivity (Wildman–Crippen MR) is 129 cm³/mol. The van der Waals surface area contributed by atoms with Crippen LogP contribution in [0.2, 0.25) is 0 Å². The van der Waals surface area contributed by atoms with Crippen LogP contribution in [0.25, 0.3) is 16.8 Å². The minimum absolute atomic E-state index is 0.105. The number of ether oxygens (including phenoxy) is 1. The summed E-state index contributed by atoms with van der Waals surface area (Å²) in [6, 6.07) is 4.03. The Balaban J connectivity index is 0.000000349. The van der Waals surface area contributed by atoms with Gasteiger partial charge in [-0.15, -0.1) is 0 Å². The summed E-state index contributed by atoms with van der Waals surface area (Å²) in [5, 5.41) is 27.9. The molecule has 0 aliphatic carbocycles. The Morgan fingerprint density at radius 1 is 1.05 bits per heavy atom. The molecule has 0 amide bonds. The maximum atomic E-state index is 10.6. The zero-order valence-electron chi connectivity index (χ0n) is 21.4. The lowest BCUT2D eigenvalue weighted by molar-refractivity contribution is -0.193. The van der Waals surface area contributed by atoms with Crippen LogP contribution in [0.4, 0.5) is 32.2 Å². The van der Waals surface area contributed by atoms with Crippen LogP contribution in [0, 0.1) is 11.3 Å². The second-order valence-corrected chi connectivity index (χ2v) is 8.76. The van der Waals surface area contributed by atoms with Crippen LogP contribution >= 0.6 is 0 Å². The van der Waals surface area contributed by atoms with Crippen molar-refractivity contribution in [2.75, 3.05) is 25.1 Å². The first kappa shape index (κ1) is 32.6. The minimum Gasteiger partial charge on any atom is -0.495 e. The van der Waals surface area contributed by atoms with E-state index in [1.165, 1.54) is 6.20 Å². The summed E-state index contributed by atoms with van der Waals surface area (Å²) >= 11 is 0. The highest BCUT2D eigenvalue weighted by Crippen LogP contribution is 2.30. The second kappa shape index (κ2) is 12.7. The van der Waals surface area contributed by atoms with Crippen LogP contribution in [0.15, 0.2) is 30.9 Å². The van der Waals surface area contributed by atoms with Gasteiger partial charge in [0, 0.05) is 24.2 Å². The molecule has 12 nitrogen and oxygen atoms in total. The number of methoxy groups -OCH3 is 1. The summed E-state index contributed by atoms with van der Waals surface area (Å²) in [6.07, 6.45) is -1.54. The Bertz CT molecular complexity index is 1380. The number of hydrogen-bond donors (Lipinski definition) is 3. The van der Waals surface area contributed by atoms with Crippen molar-refractivity contribution in [1.29, 1.82) is 5.26 Å². The van der Waals surface area contributed by atoms with Crippen molar-refractivity contribution in [2.24, 2.45) is 5.73 Å². The van der Waals surface area contributed by atoms with E-state index in [1.54, 1.807) is 30.2 Å². The highest BCUT2D eigenvalue weighted by molar-refractivity contribution is 5.83. The lowest BCUT2D eigenvalue weighted by Crippen LogP contribution is -2.48. The number of halogens is 6. The van der Waals surface area contributed by atoms with Crippen molar-refractivity contribution >= 4 is 23.3 Å². The summed E-state index contributed by atoms with van der Waals surface area (Å²) in [6.45, 7) is 3.82. The Morgan fingerprint density at radius 2 is 1.59 bits per heavy atom. The zero-order chi connectivity index (χ0) is 31.2. The molecule has 3 aromatic heterocycles. The van der Waals surface area contributed by atoms with Gasteiger partial charge in [-0.25, -0.2) is 19.1 Å². The first-order valence-electron chi connectivity index (χ1n) is 11.3. The SMILES string of the molecule is COc1cc(-c2cnc(N3CCC(C)(N)CC3)cn2)c2c(C#N)cnn2c1.O=C(O)C(F)(F)F.O=C(O)C(F)(F)F. The molecule has 0 bridgehead atoms. The number of pyridine rings is 1. The third-order valence-electron chi connectivity index (χ3n) is 5.57. The first-order valence-corrected chi connectivity index (χ1v) is 11.3. The Hall–Kier alpha value is -4.66. The topological polar surface area (TPSA) is 180 Å². The second-order valence-electron chi connectivity index (χ2n) is 8.76. The average Bonchev–Trinajstić information content (AvgIpc) is 3.31. The van der Waals surface area contributed by atoms with Crippen LogP contribution in [0.3, 0.4) is 0 Å². The van der Waals surface area contributed by atoms with E-state index >= 15 is 0 Å². The molecule has 0 unspecified atom stereocenters. The molecule has 222 valence electrons. The minimum atomic E-state index is -5.08. The van der Waals surface area contributed by atoms with Gasteiger partial charge in [0.1, 0.15) is 17.6 Å². The van der Waals surface area contributed by atoms with E-state index in [4.69, 9.17) is 30.3 Å². The van der Waals surface area contributed by atoms with Gasteiger partial charge in [-0.1, -0.05) is 0 Å². The Morgan fingerprint density at radius 3 is 2.00 bits per heavy atom. The third-order valence-corrected chi connectivity index (χ3v) is 5.57. The lowest BCUT2D eigenvalue weighted by atomic mass is 9.91. The van der Waals surface area contributed by atoms with Gasteiger partial charge in [-0.2, -0.15) is 36.7 Å². The van der Waals surface area contributed by atoms with E-state index in [1.807, 2.05) is 6.07 Å². The van der Waals surface area contributed by atoms with Gasteiger partial charge in [0.05, 0.1) is 48.7 Å². The van der Waals surface area contributed by atoms with Crippen molar-refractivity contribution in [3.05, 3.63) is 36.4 Å². The Labute approximate surface area is 227 Å². The molecule has 3 aromatic rings. The largest absolute Gasteiger partial charge is 0.495 e. The summed E-state index contributed by atoms with van der Waals surface area (Å²) in [4.78, 5) is 29.2. The molecular weight excluding hydrogens is 568 g/mol. The average molecular weight is 591 g/mol. The number of anilines is 1. The maximum Gasteiger partial charge on any atom is 0.490 e. The molecule has 1 fully saturated rings. The predicted octanol–water partition coefficient (Wildman–Crippen LogP) is 3.26. The maximum absolute atomic E-state index is 10.6. The molecular formula is C23H23F6N7O5. The molecule has 1 aliphatic heterocycles. The van der Waals surface area contributed by atoms with Gasteiger partial charge < -0.3 is 25.6 Å². The summed E-state index contributed by atoms with van der Waals surface area (Å²) in [7, 11) is 1.59. The van der Waals surface area contributed by atoms with Gasteiger partial charge >= 0.3 is 24.3 Å². The number of nitrogens with zero attached hydrogens (tertiary/aromatic N) is 6. The number of carbonyl (C=O) groups is 2. The summed E-state index contributed by atoms with van der Waals surface area (Å²) in [5.74, 6) is -4.04. The number of aliphatic carboxylic acids is 2. The normalized spacial score (nSPS) is 14.6. The van der Waals surface area contributed by atoms with Crippen LogP contribution in [0.5, 0.6) is 5.75 Å². The smallest absolute Gasteiger partial charge is 0.490 e. The van der Waals surface area contributed by atoms with Crippen molar-refractivity contribution in [3.8, 4) is 23.1 Å². The fraction of sp³-hybridized carbons (Fsp3) is 0.391. The number of hydrogen-bond acceptors (Lipinski definition) is 9. The van der Waals surface area contributed by atoms with Gasteiger partial charge in [-0.3, -0.25) is 4.98 Å². The number of aromatic nitrogens is 4. The van der Waals surface area contributed by atoms with Crippen molar-refractivity contribution in [2.45, 2.75) is 37.7 Å². The molecule has 0 spiro atoms. The van der Waals surface area contributed by atoms with E-state index in [0.29, 0.717) is 22.5 Å². The molecule has 0 aromatic carbocycles. The number of piperidine rings is 1. The highest BCUT2D eigenvalue weighted by atomic mass is 19.4. The van der Waals surface area contributed by atoms with E-state index in [-0.39, 0.29) is 5.54 Å². The standard InChI is InChI=1S/C19H21N7O.2C2HF3O2/c1-19(21)3-5-25(6-4-19)17-11-22-16(10-23-17)15-7-14(27-2)12-26-18(15)13(8-20)9-24-26;2*3-2(4,5)1(6)7/h7,9-12H,3-6,21H2,1-2H3;2*(H,6,7). The zero-order valence-corrected chi connectivity index (χ0v) is 21.4. The lowest BCUT2D eigenvalue weighted by Gasteiger charge is -2.37. The van der Waals surface area contributed by atoms with Crippen LogP contribution in [0.1, 0.15) is 25.3 Å². The number of rotatable bonds is 3. The molecule has 4 N–H and O–H groups in total. The molecule has 0 saturated carbocycles. The van der Waals surface area contributed by atoms with Gasteiger partial charge in [-0.05, 0) is 25.8 Å². The molecule has 1 aliphatic rings. The monoisotopic (exact) mass is 591 g/mol. The summed E-state index contributed by atoms with van der Waals surface area (Å²) in [5.41, 5.74) is 8.70. The third kappa shape index (κ3) is 8.93. The quantitative estimate of drug-likeness (QED) is 0.381. The fourth-order valence-corrected chi connectivity index (χ4v) is 3.36. The summed E-state index contributed by atoms with van der Waals surface area (Å²) < 4.78 is 70.5. The molecule has 0 atom stereocenters. The van der Waals surface area contributed by atoms with Crippen LogP contribution < -0.4 is 15.4 Å². The molecule has 1 saturated heterocycles. The molecule has 4 rings (SSSR count). The fourth-order valence-electron chi connectivity index (χ4n) is 3.36. The van der Waals surface area contributed by atoms with Gasteiger partial charge in [0.25, 0.3) is 0 Å². The van der Waals surface area contributed by atoms with Crippen LogP contribution in [-0.4, -0.2) is 79.8 Å². The number of carboxylic acid groups (broad SMARTS) is 2. The van der Waals surface area contributed by atoms with Crippen molar-refractivity contribution < 1.29 is 50.9 Å². The molecule has 4 heterocycles. The van der Waals surface area contributed by atoms with Crippen LogP contribution in [-0.2, 0) is 9.59 Å². The van der Waals surface area contributed by atoms with Gasteiger partial charge in [0.2, 0.25) is 0 Å². The number of alkyl halides is 6. The number of nitrogens with two attached hydrogens (primary N) is 1. The van der Waals surface area contributed by atoms with E-state index in [0.717, 1.165) is 37.3 Å². The van der Waals surface area contributed by atoms with Gasteiger partial charge in [0.15, 0.2) is 0 Å². The molecule has 41 heavy (non-hydrogen) atoms. The number of fused-ring (bicyclic) bond motifs is 1. The van der Waals surface area contributed by atoms with E-state index in [2.05, 4.69) is 33.0 Å². The van der Waals surface area contributed by atoms with Crippen molar-refractivity contribution in [3.63, 3.8) is 0 Å². The number of nitriles is 1. The first-order chi connectivity index (χ1) is 18.9. The highest BCUT2D eigenvalue weighted by Gasteiger charge is 2.38. The molecule has 18 heteroatoms. The molecule has 0 radical (unpaired) electrons. The van der Waals surface area contributed by atoms with E-state index < -0.39 is 24.3 Å². The Kier molecular flexibility index (Phi) is 10.1. The van der Waals surface area contributed by atoms with Crippen molar-refractivity contribution in [1.82, 2.24) is 19.6 Å². The number of carboxylic acids is 2. The van der Waals surface area contributed by atoms with E-state index in [9.17, 15) is 31.6 Å².